The maximum atomic E-state index is 6.24. The Morgan fingerprint density at radius 3 is 1.75 bits per heavy atom. The molecule has 2 nitrogen and oxygen atoms in total. The summed E-state index contributed by atoms with van der Waals surface area (Å²) in [6.07, 6.45) is 5.33. The van der Waals surface area contributed by atoms with E-state index in [9.17, 15) is 0 Å². The molecule has 0 unspecified atom stereocenters. The average Bonchev–Trinajstić information content (AvgIpc) is 2.68. The molecular weight excluding hydrogens is 216 g/mol. The second-order valence-electron chi connectivity index (χ2n) is 5.76. The summed E-state index contributed by atoms with van der Waals surface area (Å²) >= 11 is 0. The lowest BCUT2D eigenvalue weighted by Crippen LogP contribution is -2.53. The molecule has 0 atom stereocenters. The third-order valence-corrected chi connectivity index (χ3v) is 8.83. The van der Waals surface area contributed by atoms with Gasteiger partial charge in [0.15, 0.2) is 0 Å². The van der Waals surface area contributed by atoms with Gasteiger partial charge in [-0.05, 0) is 26.7 Å². The zero-order valence-electron chi connectivity index (χ0n) is 11.6. The molecule has 1 aliphatic rings. The molecule has 1 aliphatic carbocycles. The maximum absolute atomic E-state index is 6.24. The third kappa shape index (κ3) is 2.69. The van der Waals surface area contributed by atoms with Crippen molar-refractivity contribution in [3.8, 4) is 0 Å². The molecule has 0 heterocycles. The van der Waals surface area contributed by atoms with Crippen LogP contribution in [0.15, 0.2) is 0 Å². The summed E-state index contributed by atoms with van der Waals surface area (Å²) in [5.74, 6) is 0. The highest BCUT2D eigenvalue weighted by atomic mass is 28.4. The van der Waals surface area contributed by atoms with Gasteiger partial charge in [-0.1, -0.05) is 33.6 Å². The van der Waals surface area contributed by atoms with Crippen LogP contribution in [-0.4, -0.2) is 21.8 Å². The first kappa shape index (κ1) is 14.2. The Morgan fingerprint density at radius 2 is 1.44 bits per heavy atom. The highest BCUT2D eigenvalue weighted by Crippen LogP contribution is 2.51. The first-order valence-electron chi connectivity index (χ1n) is 6.75. The normalized spacial score (nSPS) is 19.3. The molecule has 0 N–H and O–H groups in total. The van der Waals surface area contributed by atoms with E-state index in [0.29, 0.717) is 5.54 Å². The van der Waals surface area contributed by atoms with Crippen LogP contribution in [0, 0.1) is 0 Å². The second kappa shape index (κ2) is 5.65. The lowest BCUT2D eigenvalue weighted by Gasteiger charge is -2.44. The van der Waals surface area contributed by atoms with E-state index < -0.39 is 8.56 Å². The van der Waals surface area contributed by atoms with E-state index in [4.69, 9.17) is 8.85 Å². The van der Waals surface area contributed by atoms with Crippen LogP contribution in [-0.2, 0) is 8.85 Å². The van der Waals surface area contributed by atoms with E-state index in [2.05, 4.69) is 34.6 Å². The Balaban J connectivity index is 2.94. The molecule has 16 heavy (non-hydrogen) atoms. The molecule has 0 bridgehead atoms. The van der Waals surface area contributed by atoms with Crippen molar-refractivity contribution in [3.63, 3.8) is 0 Å². The van der Waals surface area contributed by atoms with Crippen molar-refractivity contribution in [2.75, 3.05) is 13.2 Å². The van der Waals surface area contributed by atoms with Crippen molar-refractivity contribution in [3.05, 3.63) is 0 Å². The monoisotopic (exact) mass is 244 g/mol. The highest BCUT2D eigenvalue weighted by Gasteiger charge is 2.55. The molecule has 96 valence electrons. The lowest BCUT2D eigenvalue weighted by atomic mass is 10.2. The highest BCUT2D eigenvalue weighted by molar-refractivity contribution is 6.72. The second-order valence-corrected chi connectivity index (χ2v) is 9.99. The minimum atomic E-state index is -2.06. The summed E-state index contributed by atoms with van der Waals surface area (Å²) in [6, 6.07) is 0. The summed E-state index contributed by atoms with van der Waals surface area (Å²) in [7, 11) is -2.06. The molecule has 0 saturated heterocycles. The SMILES string of the molecule is CCO[Si](OCC)(C1CCCC1)C(C)(C)C. The Hall–Kier alpha value is 0.137. The maximum Gasteiger partial charge on any atom is 0.346 e. The Bertz CT molecular complexity index is 198. The van der Waals surface area contributed by atoms with Gasteiger partial charge >= 0.3 is 8.56 Å². The minimum Gasteiger partial charge on any atom is -0.394 e. The van der Waals surface area contributed by atoms with Crippen LogP contribution in [0.2, 0.25) is 10.6 Å². The van der Waals surface area contributed by atoms with Crippen LogP contribution in [0.25, 0.3) is 0 Å². The molecule has 0 aromatic rings. The summed E-state index contributed by atoms with van der Waals surface area (Å²) in [5.41, 5.74) is 0.701. The topological polar surface area (TPSA) is 18.5 Å². The molecule has 0 amide bonds. The first-order chi connectivity index (χ1) is 7.48. The van der Waals surface area contributed by atoms with E-state index in [1.807, 2.05) is 0 Å². The van der Waals surface area contributed by atoms with E-state index in [1.54, 1.807) is 0 Å². The smallest absolute Gasteiger partial charge is 0.346 e. The van der Waals surface area contributed by atoms with Crippen molar-refractivity contribution >= 4 is 8.56 Å². The van der Waals surface area contributed by atoms with Gasteiger partial charge in [0.2, 0.25) is 0 Å². The van der Waals surface area contributed by atoms with Crippen molar-refractivity contribution in [2.45, 2.75) is 70.9 Å². The summed E-state index contributed by atoms with van der Waals surface area (Å²) in [6.45, 7) is 12.7. The Kier molecular flexibility index (Phi) is 5.01. The molecule has 1 saturated carbocycles. The van der Waals surface area contributed by atoms with Crippen molar-refractivity contribution in [2.24, 2.45) is 0 Å². The van der Waals surface area contributed by atoms with Gasteiger partial charge in [-0.2, -0.15) is 0 Å². The molecule has 0 aromatic heterocycles. The Labute approximate surface area is 102 Å². The van der Waals surface area contributed by atoms with Crippen LogP contribution in [0.3, 0.4) is 0 Å². The molecule has 0 radical (unpaired) electrons. The van der Waals surface area contributed by atoms with Gasteiger partial charge in [0.25, 0.3) is 0 Å². The average molecular weight is 244 g/mol. The van der Waals surface area contributed by atoms with Crippen LogP contribution in [0.5, 0.6) is 0 Å². The van der Waals surface area contributed by atoms with Crippen LogP contribution in [0.4, 0.5) is 0 Å². The molecule has 0 aromatic carbocycles. The zero-order valence-corrected chi connectivity index (χ0v) is 12.6. The molecule has 0 aliphatic heterocycles. The van der Waals surface area contributed by atoms with Crippen LogP contribution in [0.1, 0.15) is 60.3 Å². The molecule has 1 fully saturated rings. The van der Waals surface area contributed by atoms with E-state index in [-0.39, 0.29) is 5.04 Å². The zero-order chi connectivity index (χ0) is 12.2. The van der Waals surface area contributed by atoms with E-state index in [0.717, 1.165) is 13.2 Å². The number of hydrogen-bond donors (Lipinski definition) is 0. The summed E-state index contributed by atoms with van der Waals surface area (Å²) in [5, 5.41) is 0.175. The summed E-state index contributed by atoms with van der Waals surface area (Å²) < 4.78 is 12.5. The van der Waals surface area contributed by atoms with Crippen molar-refractivity contribution in [1.82, 2.24) is 0 Å². The fourth-order valence-corrected chi connectivity index (χ4v) is 7.73. The molecule has 1 rings (SSSR count). The minimum absolute atomic E-state index is 0.175. The predicted molar refractivity (Wildman–Crippen MR) is 70.9 cm³/mol. The molecule has 3 heteroatoms. The molecule has 0 spiro atoms. The van der Waals surface area contributed by atoms with Gasteiger partial charge in [-0.25, -0.2) is 0 Å². The fraction of sp³-hybridized carbons (Fsp3) is 1.00. The van der Waals surface area contributed by atoms with Crippen molar-refractivity contribution in [1.29, 1.82) is 0 Å². The van der Waals surface area contributed by atoms with Gasteiger partial charge in [-0.15, -0.1) is 0 Å². The predicted octanol–water partition coefficient (Wildman–Crippen LogP) is 4.25. The fourth-order valence-electron chi connectivity index (χ4n) is 3.06. The van der Waals surface area contributed by atoms with Crippen LogP contribution >= 0.6 is 0 Å². The standard InChI is InChI=1S/C13H28O2Si/c1-6-14-16(15-7-2,13(3,4)5)12-10-8-9-11-12/h12H,6-11H2,1-5H3. The van der Waals surface area contributed by atoms with Crippen molar-refractivity contribution < 1.29 is 8.85 Å². The van der Waals surface area contributed by atoms with Crippen LogP contribution < -0.4 is 0 Å². The van der Waals surface area contributed by atoms with E-state index in [1.165, 1.54) is 25.7 Å². The van der Waals surface area contributed by atoms with E-state index >= 15 is 0 Å². The number of rotatable bonds is 5. The third-order valence-electron chi connectivity index (χ3n) is 3.66. The quantitative estimate of drug-likeness (QED) is 0.673. The molecular formula is C13H28O2Si. The van der Waals surface area contributed by atoms with Gasteiger partial charge in [0, 0.05) is 23.8 Å². The first-order valence-corrected chi connectivity index (χ1v) is 8.65. The summed E-state index contributed by atoms with van der Waals surface area (Å²) in [4.78, 5) is 0. The lowest BCUT2D eigenvalue weighted by molar-refractivity contribution is 0.149. The number of hydrogen-bond acceptors (Lipinski definition) is 2. The largest absolute Gasteiger partial charge is 0.394 e. The van der Waals surface area contributed by atoms with Gasteiger partial charge in [0.1, 0.15) is 0 Å². The van der Waals surface area contributed by atoms with Gasteiger partial charge in [0.05, 0.1) is 0 Å². The van der Waals surface area contributed by atoms with Gasteiger partial charge < -0.3 is 8.85 Å². The Morgan fingerprint density at radius 1 is 1.00 bits per heavy atom. The van der Waals surface area contributed by atoms with Gasteiger partial charge in [-0.3, -0.25) is 0 Å².